The van der Waals surface area contributed by atoms with Crippen molar-refractivity contribution in [2.45, 2.75) is 0 Å². The molecule has 0 unspecified atom stereocenters. The van der Waals surface area contributed by atoms with Gasteiger partial charge in [-0.3, -0.25) is 0 Å². The van der Waals surface area contributed by atoms with E-state index in [1.165, 1.54) is 0 Å². The summed E-state index contributed by atoms with van der Waals surface area (Å²) in [5, 5.41) is 5.99. The predicted molar refractivity (Wildman–Crippen MR) is 95.2 cm³/mol. The summed E-state index contributed by atoms with van der Waals surface area (Å²) in [6.07, 6.45) is 3.63. The van der Waals surface area contributed by atoms with E-state index >= 15 is 0 Å². The molecule has 0 amide bonds. The number of aromatic nitrogens is 2. The van der Waals surface area contributed by atoms with Gasteiger partial charge in [-0.05, 0) is 48.5 Å². The second-order valence-electron chi connectivity index (χ2n) is 4.83. The lowest BCUT2D eigenvalue weighted by atomic mass is 10.2. The van der Waals surface area contributed by atoms with Gasteiger partial charge in [0.25, 0.3) is 0 Å². The average molecular weight is 336 g/mol. The maximum absolute atomic E-state index is 5.89. The summed E-state index contributed by atoms with van der Waals surface area (Å²) in [5.41, 5.74) is 2.21. The van der Waals surface area contributed by atoms with Crippen LogP contribution >= 0.6 is 22.7 Å². The molecule has 2 heterocycles. The van der Waals surface area contributed by atoms with Crippen LogP contribution in [0.2, 0.25) is 0 Å². The first kappa shape index (κ1) is 14.1. The largest absolute Gasteiger partial charge is 0.457 e. The van der Waals surface area contributed by atoms with E-state index in [9.17, 15) is 0 Å². The minimum atomic E-state index is 0.812. The molecule has 3 nitrogen and oxygen atoms in total. The third kappa shape index (κ3) is 3.16. The van der Waals surface area contributed by atoms with Gasteiger partial charge in [0, 0.05) is 34.3 Å². The van der Waals surface area contributed by atoms with Gasteiger partial charge in [0.2, 0.25) is 0 Å². The van der Waals surface area contributed by atoms with Crippen LogP contribution in [0.5, 0.6) is 11.5 Å². The molecule has 0 atom stereocenters. The van der Waals surface area contributed by atoms with Gasteiger partial charge in [0.15, 0.2) is 0 Å². The summed E-state index contributed by atoms with van der Waals surface area (Å²) in [4.78, 5) is 8.61. The van der Waals surface area contributed by atoms with Crippen molar-refractivity contribution in [3.63, 3.8) is 0 Å². The standard InChI is InChI=1S/C18H12N2OS2/c1-5-15(6-2-13(1)17-19-9-11-22-17)21-16-7-3-14(4-8-16)18-20-10-12-23-18/h1-12H. The maximum Gasteiger partial charge on any atom is 0.127 e. The quantitative estimate of drug-likeness (QED) is 0.477. The molecule has 2 aromatic carbocycles. The van der Waals surface area contributed by atoms with E-state index in [-0.39, 0.29) is 0 Å². The highest BCUT2D eigenvalue weighted by Crippen LogP contribution is 2.29. The summed E-state index contributed by atoms with van der Waals surface area (Å²) < 4.78 is 5.89. The minimum Gasteiger partial charge on any atom is -0.457 e. The van der Waals surface area contributed by atoms with E-state index in [1.54, 1.807) is 22.7 Å². The molecule has 0 bridgehead atoms. The van der Waals surface area contributed by atoms with Crippen molar-refractivity contribution in [3.8, 4) is 32.6 Å². The van der Waals surface area contributed by atoms with Crippen LogP contribution in [-0.2, 0) is 0 Å². The molecule has 0 aliphatic carbocycles. The van der Waals surface area contributed by atoms with E-state index in [0.717, 1.165) is 32.6 Å². The summed E-state index contributed by atoms with van der Waals surface area (Å²) in [6, 6.07) is 16.0. The highest BCUT2D eigenvalue weighted by Gasteiger charge is 2.03. The number of thiazole rings is 2. The molecule has 0 N–H and O–H groups in total. The Balaban J connectivity index is 1.49. The fourth-order valence-corrected chi connectivity index (χ4v) is 3.49. The Morgan fingerprint density at radius 3 is 1.39 bits per heavy atom. The van der Waals surface area contributed by atoms with Crippen LogP contribution in [0.1, 0.15) is 0 Å². The summed E-state index contributed by atoms with van der Waals surface area (Å²) >= 11 is 3.26. The second-order valence-corrected chi connectivity index (χ2v) is 6.61. The molecule has 23 heavy (non-hydrogen) atoms. The topological polar surface area (TPSA) is 35.0 Å². The number of benzene rings is 2. The SMILES string of the molecule is c1csc(-c2ccc(Oc3ccc(-c4nccs4)cc3)cc2)n1. The van der Waals surface area contributed by atoms with E-state index in [2.05, 4.69) is 9.97 Å². The summed E-state index contributed by atoms with van der Waals surface area (Å²) in [7, 11) is 0. The molecule has 0 saturated heterocycles. The van der Waals surface area contributed by atoms with Crippen LogP contribution in [-0.4, -0.2) is 9.97 Å². The van der Waals surface area contributed by atoms with Crippen molar-refractivity contribution in [2.75, 3.05) is 0 Å². The third-order valence-electron chi connectivity index (χ3n) is 3.30. The molecular weight excluding hydrogens is 324 g/mol. The van der Waals surface area contributed by atoms with E-state index in [4.69, 9.17) is 4.74 Å². The van der Waals surface area contributed by atoms with Crippen molar-refractivity contribution in [2.24, 2.45) is 0 Å². The average Bonchev–Trinajstić information content (AvgIpc) is 3.30. The molecule has 4 aromatic rings. The monoisotopic (exact) mass is 336 g/mol. The van der Waals surface area contributed by atoms with Crippen molar-refractivity contribution in [1.82, 2.24) is 9.97 Å². The molecule has 2 aromatic heterocycles. The molecule has 0 spiro atoms. The zero-order valence-electron chi connectivity index (χ0n) is 12.0. The molecule has 0 saturated carbocycles. The van der Waals surface area contributed by atoms with Gasteiger partial charge in [-0.1, -0.05) is 0 Å². The molecule has 0 radical (unpaired) electrons. The van der Waals surface area contributed by atoms with Gasteiger partial charge in [0.1, 0.15) is 21.5 Å². The first-order valence-electron chi connectivity index (χ1n) is 7.06. The van der Waals surface area contributed by atoms with E-state index in [0.29, 0.717) is 0 Å². The molecule has 4 rings (SSSR count). The number of nitrogens with zero attached hydrogens (tertiary/aromatic N) is 2. The predicted octanol–water partition coefficient (Wildman–Crippen LogP) is 5.73. The van der Waals surface area contributed by atoms with Gasteiger partial charge in [-0.15, -0.1) is 22.7 Å². The number of hydrogen-bond acceptors (Lipinski definition) is 5. The summed E-state index contributed by atoms with van der Waals surface area (Å²) in [6.45, 7) is 0. The highest BCUT2D eigenvalue weighted by molar-refractivity contribution is 7.13. The van der Waals surface area contributed by atoms with Gasteiger partial charge in [-0.2, -0.15) is 0 Å². The number of ether oxygens (including phenoxy) is 1. The smallest absolute Gasteiger partial charge is 0.127 e. The number of rotatable bonds is 4. The highest BCUT2D eigenvalue weighted by atomic mass is 32.1. The zero-order valence-corrected chi connectivity index (χ0v) is 13.7. The lowest BCUT2D eigenvalue weighted by molar-refractivity contribution is 0.483. The Hall–Kier alpha value is -2.50. The van der Waals surface area contributed by atoms with Crippen molar-refractivity contribution in [3.05, 3.63) is 71.7 Å². The Labute approximate surface area is 141 Å². The Bertz CT molecular complexity index is 792. The lowest BCUT2D eigenvalue weighted by Crippen LogP contribution is -1.85. The van der Waals surface area contributed by atoms with E-state index in [1.807, 2.05) is 71.7 Å². The zero-order chi connectivity index (χ0) is 15.5. The first-order valence-corrected chi connectivity index (χ1v) is 8.82. The molecule has 0 fully saturated rings. The fourth-order valence-electron chi connectivity index (χ4n) is 2.20. The molecular formula is C18H12N2OS2. The Kier molecular flexibility index (Phi) is 3.88. The van der Waals surface area contributed by atoms with Crippen LogP contribution < -0.4 is 4.74 Å². The lowest BCUT2D eigenvalue weighted by Gasteiger charge is -2.07. The van der Waals surface area contributed by atoms with E-state index < -0.39 is 0 Å². The molecule has 0 aliphatic rings. The van der Waals surface area contributed by atoms with Crippen molar-refractivity contribution in [1.29, 1.82) is 0 Å². The normalized spacial score (nSPS) is 10.6. The molecule has 0 aliphatic heterocycles. The van der Waals surface area contributed by atoms with Crippen LogP contribution in [0.4, 0.5) is 0 Å². The Morgan fingerprint density at radius 2 is 1.04 bits per heavy atom. The van der Waals surface area contributed by atoms with Crippen molar-refractivity contribution >= 4 is 22.7 Å². The molecule has 112 valence electrons. The van der Waals surface area contributed by atoms with Gasteiger partial charge in [-0.25, -0.2) is 9.97 Å². The number of hydrogen-bond donors (Lipinski definition) is 0. The third-order valence-corrected chi connectivity index (χ3v) is 4.95. The van der Waals surface area contributed by atoms with Crippen molar-refractivity contribution < 1.29 is 4.74 Å². The first-order chi connectivity index (χ1) is 11.4. The van der Waals surface area contributed by atoms with Crippen LogP contribution in [0.25, 0.3) is 21.1 Å². The van der Waals surface area contributed by atoms with Crippen LogP contribution in [0.3, 0.4) is 0 Å². The minimum absolute atomic E-state index is 0.812. The summed E-state index contributed by atoms with van der Waals surface area (Å²) in [5.74, 6) is 1.62. The molecule has 5 heteroatoms. The van der Waals surface area contributed by atoms with Gasteiger partial charge < -0.3 is 4.74 Å². The fraction of sp³-hybridized carbons (Fsp3) is 0. The van der Waals surface area contributed by atoms with Gasteiger partial charge >= 0.3 is 0 Å². The Morgan fingerprint density at radius 1 is 0.609 bits per heavy atom. The maximum atomic E-state index is 5.89. The second kappa shape index (κ2) is 6.32. The van der Waals surface area contributed by atoms with Crippen LogP contribution in [0.15, 0.2) is 71.7 Å². The van der Waals surface area contributed by atoms with Gasteiger partial charge in [0.05, 0.1) is 0 Å². The van der Waals surface area contributed by atoms with Crippen LogP contribution in [0, 0.1) is 0 Å².